The van der Waals surface area contributed by atoms with E-state index in [0.717, 1.165) is 32.4 Å². The third kappa shape index (κ3) is 5.25. The van der Waals surface area contributed by atoms with E-state index in [1.165, 1.54) is 4.90 Å². The smallest absolute Gasteiger partial charge is 0.323 e. The number of rotatable bonds is 9. The van der Waals surface area contributed by atoms with Crippen LogP contribution in [0.3, 0.4) is 0 Å². The van der Waals surface area contributed by atoms with Gasteiger partial charge in [0.25, 0.3) is 0 Å². The summed E-state index contributed by atoms with van der Waals surface area (Å²) in [5.74, 6) is -0.745. The largest absolute Gasteiger partial charge is 0.480 e. The summed E-state index contributed by atoms with van der Waals surface area (Å²) in [7, 11) is 0. The van der Waals surface area contributed by atoms with Crippen molar-refractivity contribution in [2.75, 3.05) is 39.4 Å². The Hall–Kier alpha value is -1.14. The minimum Gasteiger partial charge on any atom is -0.480 e. The van der Waals surface area contributed by atoms with Gasteiger partial charge >= 0.3 is 5.97 Å². The molecule has 1 aliphatic heterocycles. The van der Waals surface area contributed by atoms with Crippen LogP contribution in [0.1, 0.15) is 40.0 Å². The molecule has 0 radical (unpaired) electrons. The number of amides is 1. The molecule has 1 amide bonds. The third-order valence-corrected chi connectivity index (χ3v) is 4.32. The fourth-order valence-electron chi connectivity index (χ4n) is 3.13. The van der Waals surface area contributed by atoms with Crippen molar-refractivity contribution in [3.8, 4) is 0 Å². The van der Waals surface area contributed by atoms with Crippen LogP contribution in [0.5, 0.6) is 0 Å². The molecule has 0 saturated carbocycles. The van der Waals surface area contributed by atoms with E-state index in [1.807, 2.05) is 6.92 Å². The number of hydrogen-bond donors (Lipinski definition) is 1. The van der Waals surface area contributed by atoms with E-state index >= 15 is 0 Å². The number of ether oxygens (including phenoxy) is 1. The predicted octanol–water partition coefficient (Wildman–Crippen LogP) is 1.45. The van der Waals surface area contributed by atoms with Gasteiger partial charge < -0.3 is 14.7 Å². The van der Waals surface area contributed by atoms with Gasteiger partial charge in [0.05, 0.1) is 19.3 Å². The summed E-state index contributed by atoms with van der Waals surface area (Å²) >= 11 is 0. The van der Waals surface area contributed by atoms with Crippen molar-refractivity contribution in [2.45, 2.75) is 46.1 Å². The molecule has 6 heteroatoms. The van der Waals surface area contributed by atoms with E-state index < -0.39 is 5.97 Å². The fraction of sp³-hybridized carbons (Fsp3) is 0.875. The Labute approximate surface area is 133 Å². The lowest BCUT2D eigenvalue weighted by Crippen LogP contribution is -2.56. The summed E-state index contributed by atoms with van der Waals surface area (Å²) < 4.78 is 5.39. The molecule has 1 fully saturated rings. The molecule has 0 aromatic heterocycles. The molecule has 22 heavy (non-hydrogen) atoms. The van der Waals surface area contributed by atoms with E-state index in [1.54, 1.807) is 0 Å². The van der Waals surface area contributed by atoms with Crippen LogP contribution in [0.2, 0.25) is 0 Å². The van der Waals surface area contributed by atoms with Gasteiger partial charge in [-0.2, -0.15) is 0 Å². The Morgan fingerprint density at radius 1 is 1.18 bits per heavy atom. The van der Waals surface area contributed by atoms with E-state index in [9.17, 15) is 9.59 Å². The molecular formula is C16H30N2O4. The first-order valence-corrected chi connectivity index (χ1v) is 8.37. The number of carbonyl (C=O) groups excluding carboxylic acids is 1. The van der Waals surface area contributed by atoms with Gasteiger partial charge in [-0.3, -0.25) is 14.5 Å². The monoisotopic (exact) mass is 314 g/mol. The highest BCUT2D eigenvalue weighted by molar-refractivity contribution is 5.85. The summed E-state index contributed by atoms with van der Waals surface area (Å²) in [6.07, 6.45) is 2.59. The van der Waals surface area contributed by atoms with Gasteiger partial charge in [0, 0.05) is 19.6 Å². The molecule has 1 atom stereocenters. The van der Waals surface area contributed by atoms with Gasteiger partial charge in [-0.15, -0.1) is 0 Å². The molecule has 128 valence electrons. The highest BCUT2D eigenvalue weighted by Gasteiger charge is 2.35. The van der Waals surface area contributed by atoms with Crippen LogP contribution in [0.15, 0.2) is 0 Å². The predicted molar refractivity (Wildman–Crippen MR) is 84.8 cm³/mol. The van der Waals surface area contributed by atoms with E-state index in [0.29, 0.717) is 19.8 Å². The molecule has 0 aromatic rings. The molecule has 1 unspecified atom stereocenters. The molecule has 1 N–H and O–H groups in total. The van der Waals surface area contributed by atoms with Crippen molar-refractivity contribution >= 4 is 11.9 Å². The second-order valence-corrected chi connectivity index (χ2v) is 5.82. The van der Waals surface area contributed by atoms with Crippen molar-refractivity contribution < 1.29 is 19.4 Å². The molecule has 1 saturated heterocycles. The normalized spacial score (nSPS) is 17.5. The summed E-state index contributed by atoms with van der Waals surface area (Å²) in [6.45, 7) is 9.17. The number of carboxylic acid groups (broad SMARTS) is 1. The Kier molecular flexibility index (Phi) is 8.42. The van der Waals surface area contributed by atoms with Gasteiger partial charge in [-0.05, 0) is 12.3 Å². The van der Waals surface area contributed by atoms with Crippen molar-refractivity contribution in [1.82, 2.24) is 9.80 Å². The fourth-order valence-corrected chi connectivity index (χ4v) is 3.13. The lowest BCUT2D eigenvalue weighted by molar-refractivity contribution is -0.149. The highest BCUT2D eigenvalue weighted by Crippen LogP contribution is 2.22. The number of hydrogen-bond acceptors (Lipinski definition) is 4. The summed E-state index contributed by atoms with van der Waals surface area (Å²) in [4.78, 5) is 27.8. The second-order valence-electron chi connectivity index (χ2n) is 5.82. The zero-order chi connectivity index (χ0) is 16.5. The standard InChI is InChI=1S/C16H30N2O4/c1-4-7-18(12-14(19)20)16(21)15(13(5-2)6-3)17-8-10-22-11-9-17/h13,15H,4-12H2,1-3H3,(H,19,20). The van der Waals surface area contributed by atoms with Gasteiger partial charge in [0.1, 0.15) is 6.54 Å². The van der Waals surface area contributed by atoms with Crippen LogP contribution < -0.4 is 0 Å². The Balaban J connectivity index is 2.94. The van der Waals surface area contributed by atoms with Crippen LogP contribution in [0, 0.1) is 5.92 Å². The minimum atomic E-state index is -0.952. The molecule has 0 aromatic carbocycles. The third-order valence-electron chi connectivity index (χ3n) is 4.32. The van der Waals surface area contributed by atoms with Gasteiger partial charge in [-0.1, -0.05) is 33.6 Å². The average Bonchev–Trinajstić information content (AvgIpc) is 2.52. The number of nitrogens with zero attached hydrogens (tertiary/aromatic N) is 2. The minimum absolute atomic E-state index is 0.0418. The molecule has 0 spiro atoms. The van der Waals surface area contributed by atoms with Crippen LogP contribution in [-0.2, 0) is 14.3 Å². The lowest BCUT2D eigenvalue weighted by atomic mass is 9.91. The molecule has 6 nitrogen and oxygen atoms in total. The van der Waals surface area contributed by atoms with Crippen molar-refractivity contribution in [2.24, 2.45) is 5.92 Å². The van der Waals surface area contributed by atoms with Crippen molar-refractivity contribution in [3.63, 3.8) is 0 Å². The average molecular weight is 314 g/mol. The van der Waals surface area contributed by atoms with E-state index in [4.69, 9.17) is 9.84 Å². The topological polar surface area (TPSA) is 70.1 Å². The van der Waals surface area contributed by atoms with Gasteiger partial charge in [0.2, 0.25) is 5.91 Å². The first-order chi connectivity index (χ1) is 10.5. The number of morpholine rings is 1. The summed E-state index contributed by atoms with van der Waals surface area (Å²) in [6, 6.07) is -0.232. The van der Waals surface area contributed by atoms with Crippen molar-refractivity contribution in [1.29, 1.82) is 0 Å². The first-order valence-electron chi connectivity index (χ1n) is 8.37. The van der Waals surface area contributed by atoms with Crippen molar-refractivity contribution in [3.05, 3.63) is 0 Å². The summed E-state index contributed by atoms with van der Waals surface area (Å²) in [5.41, 5.74) is 0. The maximum atomic E-state index is 13.0. The quantitative estimate of drug-likeness (QED) is 0.697. The van der Waals surface area contributed by atoms with Gasteiger partial charge in [0.15, 0.2) is 0 Å². The molecule has 0 bridgehead atoms. The number of carboxylic acids is 1. The van der Waals surface area contributed by atoms with E-state index in [2.05, 4.69) is 18.7 Å². The lowest BCUT2D eigenvalue weighted by Gasteiger charge is -2.39. The Morgan fingerprint density at radius 2 is 1.77 bits per heavy atom. The molecule has 1 rings (SSSR count). The number of carbonyl (C=O) groups is 2. The summed E-state index contributed by atoms with van der Waals surface area (Å²) in [5, 5.41) is 9.08. The first kappa shape index (κ1) is 18.9. The highest BCUT2D eigenvalue weighted by atomic mass is 16.5. The van der Waals surface area contributed by atoms with Crippen LogP contribution in [-0.4, -0.2) is 72.2 Å². The van der Waals surface area contributed by atoms with Crippen LogP contribution in [0.25, 0.3) is 0 Å². The van der Waals surface area contributed by atoms with Gasteiger partial charge in [-0.25, -0.2) is 0 Å². The Bertz CT molecular complexity index is 352. The van der Waals surface area contributed by atoms with Crippen LogP contribution in [0.4, 0.5) is 0 Å². The molecule has 1 aliphatic rings. The maximum absolute atomic E-state index is 13.0. The Morgan fingerprint density at radius 3 is 2.23 bits per heavy atom. The van der Waals surface area contributed by atoms with Crippen LogP contribution >= 0.6 is 0 Å². The maximum Gasteiger partial charge on any atom is 0.323 e. The van der Waals surface area contributed by atoms with E-state index in [-0.39, 0.29) is 24.4 Å². The zero-order valence-electron chi connectivity index (χ0n) is 14.1. The molecule has 1 heterocycles. The second kappa shape index (κ2) is 9.79. The SMILES string of the molecule is CCCN(CC(=O)O)C(=O)C(C(CC)CC)N1CCOCC1. The molecule has 0 aliphatic carbocycles. The number of aliphatic carboxylic acids is 1. The molecular weight excluding hydrogens is 284 g/mol. The zero-order valence-corrected chi connectivity index (χ0v) is 14.1.